The summed E-state index contributed by atoms with van der Waals surface area (Å²) in [5.74, 6) is 0.298. The lowest BCUT2D eigenvalue weighted by molar-refractivity contribution is 0.302. The number of halogens is 1. The van der Waals surface area contributed by atoms with E-state index in [2.05, 4.69) is 0 Å². The molecule has 1 aromatic rings. The molecule has 108 valence electrons. The monoisotopic (exact) mass is 311 g/mol. The fourth-order valence-corrected chi connectivity index (χ4v) is 5.31. The third-order valence-electron chi connectivity index (χ3n) is 4.22. The summed E-state index contributed by atoms with van der Waals surface area (Å²) in [5.41, 5.74) is 0.983. The van der Waals surface area contributed by atoms with Crippen LogP contribution >= 0.6 is 11.6 Å². The molecule has 1 fully saturated rings. The normalized spacial score (nSPS) is 29.1. The van der Waals surface area contributed by atoms with Gasteiger partial charge in [-0.3, -0.25) is 0 Å². The number of sulfonamides is 1. The average Bonchev–Trinajstić information content (AvgIpc) is 2.44. The van der Waals surface area contributed by atoms with Gasteiger partial charge in [0.15, 0.2) is 0 Å². The molecule has 0 unspecified atom stereocenters. The van der Waals surface area contributed by atoms with Crippen LogP contribution in [0.15, 0.2) is 36.4 Å². The first-order valence-electron chi connectivity index (χ1n) is 6.97. The molecule has 0 spiro atoms. The third-order valence-corrected chi connectivity index (χ3v) is 6.73. The maximum Gasteiger partial charge on any atom is 0.221 e. The lowest BCUT2D eigenvalue weighted by Crippen LogP contribution is -2.47. The number of fused-ring (bicyclic) bond motifs is 1. The van der Waals surface area contributed by atoms with E-state index in [1.165, 1.54) is 0 Å². The van der Waals surface area contributed by atoms with Crippen LogP contribution in [0.1, 0.15) is 24.8 Å². The fourth-order valence-electron chi connectivity index (χ4n) is 3.08. The molecular formula is C15H18ClNO2S. The van der Waals surface area contributed by atoms with Gasteiger partial charge in [-0.15, -0.1) is 0 Å². The molecule has 0 saturated carbocycles. The van der Waals surface area contributed by atoms with Crippen molar-refractivity contribution in [2.24, 2.45) is 5.92 Å². The van der Waals surface area contributed by atoms with Gasteiger partial charge >= 0.3 is 0 Å². The first-order chi connectivity index (χ1) is 9.57. The summed E-state index contributed by atoms with van der Waals surface area (Å²) in [6.07, 6.45) is 6.85. The zero-order valence-corrected chi connectivity index (χ0v) is 12.8. The number of nitrogens with zero attached hydrogens (tertiary/aromatic N) is 1. The lowest BCUT2D eigenvalue weighted by atomic mass is 9.91. The van der Waals surface area contributed by atoms with Crippen LogP contribution in [0.3, 0.4) is 0 Å². The SMILES string of the molecule is O=S1(=O)[C@H]2C=CCC[C@H]2CCN1Cc1ccc(Cl)cc1. The molecule has 0 N–H and O–H groups in total. The van der Waals surface area contributed by atoms with Crippen molar-refractivity contribution in [3.63, 3.8) is 0 Å². The molecular weight excluding hydrogens is 294 g/mol. The highest BCUT2D eigenvalue weighted by Gasteiger charge is 2.41. The minimum atomic E-state index is -3.22. The smallest absolute Gasteiger partial charge is 0.212 e. The molecule has 20 heavy (non-hydrogen) atoms. The van der Waals surface area contributed by atoms with Crippen LogP contribution in [0.25, 0.3) is 0 Å². The molecule has 1 aromatic carbocycles. The van der Waals surface area contributed by atoms with E-state index in [0.717, 1.165) is 24.8 Å². The van der Waals surface area contributed by atoms with Gasteiger partial charge < -0.3 is 0 Å². The van der Waals surface area contributed by atoms with E-state index < -0.39 is 10.0 Å². The summed E-state index contributed by atoms with van der Waals surface area (Å²) < 4.78 is 27.0. The van der Waals surface area contributed by atoms with Gasteiger partial charge in [0.25, 0.3) is 0 Å². The van der Waals surface area contributed by atoms with Crippen molar-refractivity contribution in [1.82, 2.24) is 4.31 Å². The standard InChI is InChI=1S/C15H18ClNO2S/c16-14-7-5-12(6-8-14)11-17-10-9-13-3-1-2-4-15(13)20(17,18)19/h2,4-8,13,15H,1,3,9-11H2/t13-,15-/m0/s1. The van der Waals surface area contributed by atoms with Gasteiger partial charge in [-0.1, -0.05) is 35.9 Å². The molecule has 1 aliphatic carbocycles. The first kappa shape index (κ1) is 14.1. The van der Waals surface area contributed by atoms with Gasteiger partial charge in [0.2, 0.25) is 10.0 Å². The van der Waals surface area contributed by atoms with Crippen molar-refractivity contribution in [2.75, 3.05) is 6.54 Å². The zero-order valence-electron chi connectivity index (χ0n) is 11.2. The number of benzene rings is 1. The van der Waals surface area contributed by atoms with Crippen LogP contribution in [0.2, 0.25) is 5.02 Å². The second-order valence-corrected chi connectivity index (χ2v) is 8.05. The molecule has 1 aliphatic heterocycles. The van der Waals surface area contributed by atoms with E-state index in [0.29, 0.717) is 24.0 Å². The summed E-state index contributed by atoms with van der Waals surface area (Å²) in [5, 5.41) is 0.350. The van der Waals surface area contributed by atoms with Crippen LogP contribution in [0, 0.1) is 5.92 Å². The Labute approximate surface area is 125 Å². The summed E-state index contributed by atoms with van der Waals surface area (Å²) in [6.45, 7) is 1.07. The maximum absolute atomic E-state index is 12.7. The van der Waals surface area contributed by atoms with Gasteiger partial charge in [-0.05, 0) is 42.9 Å². The topological polar surface area (TPSA) is 37.4 Å². The minimum absolute atomic E-state index is 0.298. The molecule has 2 aliphatic rings. The van der Waals surface area contributed by atoms with Crippen molar-refractivity contribution >= 4 is 21.6 Å². The van der Waals surface area contributed by atoms with Crippen LogP contribution in [-0.2, 0) is 16.6 Å². The fraction of sp³-hybridized carbons (Fsp3) is 0.467. The van der Waals surface area contributed by atoms with Crippen LogP contribution in [0.5, 0.6) is 0 Å². The second-order valence-electron chi connectivity index (χ2n) is 5.52. The Bertz CT molecular complexity index is 609. The van der Waals surface area contributed by atoms with Crippen molar-refractivity contribution in [3.8, 4) is 0 Å². The van der Waals surface area contributed by atoms with Gasteiger partial charge in [0, 0.05) is 18.1 Å². The number of hydrogen-bond donors (Lipinski definition) is 0. The molecule has 1 heterocycles. The molecule has 1 saturated heterocycles. The highest BCUT2D eigenvalue weighted by Crippen LogP contribution is 2.34. The largest absolute Gasteiger partial charge is 0.221 e. The lowest BCUT2D eigenvalue weighted by Gasteiger charge is -2.38. The molecule has 0 bridgehead atoms. The summed E-state index contributed by atoms with van der Waals surface area (Å²) in [7, 11) is -3.22. The van der Waals surface area contributed by atoms with Crippen molar-refractivity contribution in [3.05, 3.63) is 47.0 Å². The predicted molar refractivity (Wildman–Crippen MR) is 81.1 cm³/mol. The Kier molecular flexibility index (Phi) is 3.89. The number of hydrogen-bond acceptors (Lipinski definition) is 2. The molecule has 0 radical (unpaired) electrons. The maximum atomic E-state index is 12.7. The van der Waals surface area contributed by atoms with Gasteiger partial charge in [-0.25, -0.2) is 8.42 Å². The third kappa shape index (κ3) is 2.65. The Morgan fingerprint density at radius 2 is 1.95 bits per heavy atom. The van der Waals surface area contributed by atoms with Crippen LogP contribution in [0.4, 0.5) is 0 Å². The van der Waals surface area contributed by atoms with E-state index >= 15 is 0 Å². The van der Waals surface area contributed by atoms with E-state index in [1.807, 2.05) is 24.3 Å². The zero-order chi connectivity index (χ0) is 14.2. The number of allylic oxidation sites excluding steroid dienone is 1. The quantitative estimate of drug-likeness (QED) is 0.787. The summed E-state index contributed by atoms with van der Waals surface area (Å²) in [6, 6.07) is 7.38. The Morgan fingerprint density at radius 1 is 1.20 bits per heavy atom. The van der Waals surface area contributed by atoms with Crippen molar-refractivity contribution in [1.29, 1.82) is 0 Å². The second kappa shape index (κ2) is 5.51. The summed E-state index contributed by atoms with van der Waals surface area (Å²) in [4.78, 5) is 0. The first-order valence-corrected chi connectivity index (χ1v) is 8.85. The molecule has 0 aromatic heterocycles. The van der Waals surface area contributed by atoms with E-state index in [9.17, 15) is 8.42 Å². The minimum Gasteiger partial charge on any atom is -0.212 e. The van der Waals surface area contributed by atoms with E-state index in [-0.39, 0.29) is 5.25 Å². The molecule has 5 heteroatoms. The highest BCUT2D eigenvalue weighted by molar-refractivity contribution is 7.89. The van der Waals surface area contributed by atoms with E-state index in [4.69, 9.17) is 11.6 Å². The Balaban J connectivity index is 1.82. The average molecular weight is 312 g/mol. The Morgan fingerprint density at radius 3 is 2.70 bits per heavy atom. The van der Waals surface area contributed by atoms with Crippen molar-refractivity contribution in [2.45, 2.75) is 31.1 Å². The number of rotatable bonds is 2. The highest BCUT2D eigenvalue weighted by atomic mass is 35.5. The summed E-state index contributed by atoms with van der Waals surface area (Å²) >= 11 is 5.86. The van der Waals surface area contributed by atoms with Gasteiger partial charge in [0.05, 0.1) is 5.25 Å². The Hall–Kier alpha value is -0.840. The van der Waals surface area contributed by atoms with Crippen LogP contribution in [-0.4, -0.2) is 24.5 Å². The molecule has 3 nitrogen and oxygen atoms in total. The van der Waals surface area contributed by atoms with Gasteiger partial charge in [0.1, 0.15) is 0 Å². The van der Waals surface area contributed by atoms with Gasteiger partial charge in [-0.2, -0.15) is 4.31 Å². The molecule has 0 amide bonds. The predicted octanol–water partition coefficient (Wildman–Crippen LogP) is 3.21. The molecule has 2 atom stereocenters. The van der Waals surface area contributed by atoms with Crippen LogP contribution < -0.4 is 0 Å². The molecule has 3 rings (SSSR count). The van der Waals surface area contributed by atoms with E-state index in [1.54, 1.807) is 16.4 Å². The van der Waals surface area contributed by atoms with Crippen molar-refractivity contribution < 1.29 is 8.42 Å².